The maximum atomic E-state index is 5.93. The first-order valence-electron chi connectivity index (χ1n) is 5.67. The molecule has 0 fully saturated rings. The number of ether oxygens (including phenoxy) is 1. The Morgan fingerprint density at radius 3 is 2.50 bits per heavy atom. The third-order valence-electron chi connectivity index (χ3n) is 2.95. The van der Waals surface area contributed by atoms with E-state index in [-0.39, 0.29) is 6.04 Å². The van der Waals surface area contributed by atoms with Gasteiger partial charge in [-0.05, 0) is 29.8 Å². The van der Waals surface area contributed by atoms with Crippen molar-refractivity contribution in [2.24, 2.45) is 0 Å². The third-order valence-corrected chi connectivity index (χ3v) is 3.44. The molecule has 92 valence electrons. The summed E-state index contributed by atoms with van der Waals surface area (Å²) in [4.78, 5) is 0. The van der Waals surface area contributed by atoms with E-state index in [0.717, 1.165) is 22.0 Å². The van der Waals surface area contributed by atoms with Gasteiger partial charge in [-0.3, -0.25) is 0 Å². The molecule has 1 heterocycles. The third kappa shape index (κ3) is 2.26. The Balaban J connectivity index is 1.86. The van der Waals surface area contributed by atoms with Gasteiger partial charge in [0.1, 0.15) is 12.4 Å². The first kappa shape index (κ1) is 11.7. The number of anilines is 1. The van der Waals surface area contributed by atoms with Gasteiger partial charge in [0, 0.05) is 16.1 Å². The second-order valence-electron chi connectivity index (χ2n) is 4.20. The van der Waals surface area contributed by atoms with Crippen LogP contribution in [-0.2, 0) is 0 Å². The topological polar surface area (TPSA) is 21.3 Å². The van der Waals surface area contributed by atoms with Crippen molar-refractivity contribution in [3.63, 3.8) is 0 Å². The number of rotatable bonds is 1. The summed E-state index contributed by atoms with van der Waals surface area (Å²) in [6.07, 6.45) is 0. The lowest BCUT2D eigenvalue weighted by atomic mass is 10.1. The fourth-order valence-electron chi connectivity index (χ4n) is 2.01. The summed E-state index contributed by atoms with van der Waals surface area (Å²) in [5, 5.41) is 4.85. The highest BCUT2D eigenvalue weighted by molar-refractivity contribution is 6.31. The minimum atomic E-state index is 0.135. The predicted octanol–water partition coefficient (Wildman–Crippen LogP) is 4.54. The molecule has 1 N–H and O–H groups in total. The Morgan fingerprint density at radius 1 is 1.00 bits per heavy atom. The van der Waals surface area contributed by atoms with E-state index in [2.05, 4.69) is 5.32 Å². The van der Waals surface area contributed by atoms with Crippen molar-refractivity contribution in [3.8, 4) is 5.75 Å². The van der Waals surface area contributed by atoms with Crippen LogP contribution in [0.2, 0.25) is 10.0 Å². The van der Waals surface area contributed by atoms with Crippen LogP contribution in [0.1, 0.15) is 11.6 Å². The van der Waals surface area contributed by atoms with Gasteiger partial charge in [0.05, 0.1) is 11.7 Å². The minimum absolute atomic E-state index is 0.135. The maximum absolute atomic E-state index is 5.93. The van der Waals surface area contributed by atoms with Crippen LogP contribution in [-0.4, -0.2) is 6.61 Å². The first-order chi connectivity index (χ1) is 8.72. The molecule has 18 heavy (non-hydrogen) atoms. The SMILES string of the molecule is Clc1ccc([C@@H]2COc3cc(Cl)ccc3N2)cc1. The summed E-state index contributed by atoms with van der Waals surface area (Å²) in [5.74, 6) is 0.799. The van der Waals surface area contributed by atoms with Crippen molar-refractivity contribution >= 4 is 28.9 Å². The summed E-state index contributed by atoms with van der Waals surface area (Å²) < 4.78 is 5.72. The van der Waals surface area contributed by atoms with Crippen LogP contribution >= 0.6 is 23.2 Å². The molecule has 0 aromatic heterocycles. The van der Waals surface area contributed by atoms with Crippen LogP contribution < -0.4 is 10.1 Å². The molecular weight excluding hydrogens is 269 g/mol. The molecule has 1 aliphatic rings. The second-order valence-corrected chi connectivity index (χ2v) is 5.07. The minimum Gasteiger partial charge on any atom is -0.489 e. The molecular formula is C14H11Cl2NO. The van der Waals surface area contributed by atoms with Gasteiger partial charge < -0.3 is 10.1 Å². The number of halogens is 2. The smallest absolute Gasteiger partial charge is 0.144 e. The van der Waals surface area contributed by atoms with Crippen molar-refractivity contribution in [1.29, 1.82) is 0 Å². The molecule has 0 aliphatic carbocycles. The lowest BCUT2D eigenvalue weighted by Crippen LogP contribution is -2.23. The lowest BCUT2D eigenvalue weighted by molar-refractivity contribution is 0.286. The zero-order valence-corrected chi connectivity index (χ0v) is 11.0. The van der Waals surface area contributed by atoms with E-state index >= 15 is 0 Å². The molecule has 0 radical (unpaired) electrons. The molecule has 1 atom stereocenters. The Kier molecular flexibility index (Phi) is 3.06. The van der Waals surface area contributed by atoms with E-state index in [1.54, 1.807) is 0 Å². The van der Waals surface area contributed by atoms with E-state index in [9.17, 15) is 0 Å². The number of nitrogens with one attached hydrogen (secondary N) is 1. The van der Waals surface area contributed by atoms with Crippen molar-refractivity contribution in [1.82, 2.24) is 0 Å². The Hall–Kier alpha value is -1.38. The molecule has 0 unspecified atom stereocenters. The number of hydrogen-bond donors (Lipinski definition) is 1. The standard InChI is InChI=1S/C14H11Cl2NO/c15-10-3-1-9(2-4-10)13-8-18-14-7-11(16)5-6-12(14)17-13/h1-7,13,17H,8H2/t13-/m0/s1. The van der Waals surface area contributed by atoms with Crippen molar-refractivity contribution in [2.75, 3.05) is 11.9 Å². The average molecular weight is 280 g/mol. The molecule has 4 heteroatoms. The number of hydrogen-bond acceptors (Lipinski definition) is 2. The average Bonchev–Trinajstić information content (AvgIpc) is 2.39. The fourth-order valence-corrected chi connectivity index (χ4v) is 2.30. The normalized spacial score (nSPS) is 17.6. The highest BCUT2D eigenvalue weighted by Gasteiger charge is 2.20. The van der Waals surface area contributed by atoms with Gasteiger partial charge >= 0.3 is 0 Å². The molecule has 0 saturated carbocycles. The maximum Gasteiger partial charge on any atom is 0.144 e. The van der Waals surface area contributed by atoms with Crippen LogP contribution in [0.5, 0.6) is 5.75 Å². The van der Waals surface area contributed by atoms with Crippen LogP contribution in [0, 0.1) is 0 Å². The molecule has 2 aromatic rings. The molecule has 1 aliphatic heterocycles. The van der Waals surface area contributed by atoms with Gasteiger partial charge in [-0.15, -0.1) is 0 Å². The highest BCUT2D eigenvalue weighted by Crippen LogP contribution is 2.35. The molecule has 0 spiro atoms. The van der Waals surface area contributed by atoms with E-state index in [1.807, 2.05) is 42.5 Å². The van der Waals surface area contributed by atoms with E-state index in [0.29, 0.717) is 11.6 Å². The molecule has 0 bridgehead atoms. The molecule has 2 aromatic carbocycles. The van der Waals surface area contributed by atoms with Crippen molar-refractivity contribution < 1.29 is 4.74 Å². The fraction of sp³-hybridized carbons (Fsp3) is 0.143. The zero-order chi connectivity index (χ0) is 12.5. The van der Waals surface area contributed by atoms with Gasteiger partial charge in [-0.1, -0.05) is 35.3 Å². The summed E-state index contributed by atoms with van der Waals surface area (Å²) in [7, 11) is 0. The first-order valence-corrected chi connectivity index (χ1v) is 6.42. The van der Waals surface area contributed by atoms with Crippen molar-refractivity contribution in [3.05, 3.63) is 58.1 Å². The Morgan fingerprint density at radius 2 is 1.72 bits per heavy atom. The van der Waals surface area contributed by atoms with Crippen LogP contribution in [0.15, 0.2) is 42.5 Å². The summed E-state index contributed by atoms with van der Waals surface area (Å²) >= 11 is 11.8. The summed E-state index contributed by atoms with van der Waals surface area (Å²) in [6, 6.07) is 13.5. The lowest BCUT2D eigenvalue weighted by Gasteiger charge is -2.28. The highest BCUT2D eigenvalue weighted by atomic mass is 35.5. The van der Waals surface area contributed by atoms with Crippen molar-refractivity contribution in [2.45, 2.75) is 6.04 Å². The molecule has 0 amide bonds. The molecule has 3 rings (SSSR count). The van der Waals surface area contributed by atoms with E-state index in [1.165, 1.54) is 0 Å². The summed E-state index contributed by atoms with van der Waals surface area (Å²) in [6.45, 7) is 0.578. The van der Waals surface area contributed by atoms with Gasteiger partial charge in [0.2, 0.25) is 0 Å². The molecule has 0 saturated heterocycles. The Labute approximate surface area is 115 Å². The molecule has 2 nitrogen and oxygen atoms in total. The number of benzene rings is 2. The quantitative estimate of drug-likeness (QED) is 0.828. The summed E-state index contributed by atoms with van der Waals surface area (Å²) in [5.41, 5.74) is 2.12. The van der Waals surface area contributed by atoms with E-state index < -0.39 is 0 Å². The van der Waals surface area contributed by atoms with Gasteiger partial charge in [0.15, 0.2) is 0 Å². The van der Waals surface area contributed by atoms with E-state index in [4.69, 9.17) is 27.9 Å². The van der Waals surface area contributed by atoms with Gasteiger partial charge in [0.25, 0.3) is 0 Å². The van der Waals surface area contributed by atoms with Crippen LogP contribution in [0.4, 0.5) is 5.69 Å². The van der Waals surface area contributed by atoms with Crippen LogP contribution in [0.3, 0.4) is 0 Å². The largest absolute Gasteiger partial charge is 0.489 e. The van der Waals surface area contributed by atoms with Gasteiger partial charge in [-0.25, -0.2) is 0 Å². The Bertz CT molecular complexity index is 569. The second kappa shape index (κ2) is 4.71. The zero-order valence-electron chi connectivity index (χ0n) is 9.49. The van der Waals surface area contributed by atoms with Crippen LogP contribution in [0.25, 0.3) is 0 Å². The van der Waals surface area contributed by atoms with Gasteiger partial charge in [-0.2, -0.15) is 0 Å². The predicted molar refractivity (Wildman–Crippen MR) is 74.8 cm³/mol. The number of fused-ring (bicyclic) bond motifs is 1. The monoisotopic (exact) mass is 279 g/mol.